The monoisotopic (exact) mass is 346 g/mol. The van der Waals surface area contributed by atoms with Crippen LogP contribution < -0.4 is 5.32 Å². The number of carbonyl (C=O) groups excluding carboxylic acids is 1. The molecule has 1 aliphatic heterocycles. The van der Waals surface area contributed by atoms with Gasteiger partial charge in [-0.2, -0.15) is 0 Å². The third-order valence-corrected chi connectivity index (χ3v) is 4.63. The predicted molar refractivity (Wildman–Crippen MR) is 90.2 cm³/mol. The summed E-state index contributed by atoms with van der Waals surface area (Å²) in [4.78, 5) is 28.7. The van der Waals surface area contributed by atoms with Gasteiger partial charge >= 0.3 is 5.97 Å². The average molecular weight is 346 g/mol. The van der Waals surface area contributed by atoms with Crippen LogP contribution in [0, 0.1) is 0 Å². The number of hydrogen-bond acceptors (Lipinski definition) is 6. The Morgan fingerprint density at radius 3 is 2.83 bits per heavy atom. The van der Waals surface area contributed by atoms with E-state index in [2.05, 4.69) is 10.3 Å². The first-order valence-corrected chi connectivity index (χ1v) is 8.12. The van der Waals surface area contributed by atoms with Crippen molar-refractivity contribution in [3.8, 4) is 5.75 Å². The Balaban J connectivity index is 1.91. The number of nitrogens with zero attached hydrogens (tertiary/aromatic N) is 1. The number of rotatable bonds is 3. The molecule has 3 N–H and O–H groups in total. The van der Waals surface area contributed by atoms with Gasteiger partial charge in [0, 0.05) is 4.88 Å². The highest BCUT2D eigenvalue weighted by atomic mass is 32.2. The number of amidine groups is 1. The minimum absolute atomic E-state index is 0.136. The lowest BCUT2D eigenvalue weighted by Crippen LogP contribution is -2.19. The maximum atomic E-state index is 11.9. The number of thioether (sulfide) groups is 1. The van der Waals surface area contributed by atoms with Gasteiger partial charge in [0.2, 0.25) is 0 Å². The molecule has 0 spiro atoms. The molecule has 1 fully saturated rings. The van der Waals surface area contributed by atoms with Gasteiger partial charge in [0.1, 0.15) is 5.75 Å². The molecule has 0 bridgehead atoms. The third kappa shape index (κ3) is 3.43. The molecule has 2 aromatic rings. The van der Waals surface area contributed by atoms with Gasteiger partial charge in [0.05, 0.1) is 16.2 Å². The van der Waals surface area contributed by atoms with E-state index in [0.29, 0.717) is 10.1 Å². The van der Waals surface area contributed by atoms with Crippen LogP contribution in [-0.2, 0) is 4.79 Å². The number of aromatic carboxylic acids is 1. The van der Waals surface area contributed by atoms with E-state index in [1.807, 2.05) is 17.5 Å². The van der Waals surface area contributed by atoms with Gasteiger partial charge in [-0.25, -0.2) is 9.79 Å². The van der Waals surface area contributed by atoms with Crippen LogP contribution in [0.2, 0.25) is 0 Å². The zero-order chi connectivity index (χ0) is 16.4. The molecular formula is C15H10N2O4S2. The Labute approximate surface area is 139 Å². The molecule has 0 aliphatic carbocycles. The second-order valence-corrected chi connectivity index (χ2v) is 6.51. The minimum Gasteiger partial charge on any atom is -0.508 e. The summed E-state index contributed by atoms with van der Waals surface area (Å²) < 4.78 is 0. The number of aliphatic imine (C=N–C) groups is 1. The van der Waals surface area contributed by atoms with E-state index in [0.717, 1.165) is 22.7 Å². The number of nitrogens with one attached hydrogen (secondary N) is 1. The lowest BCUT2D eigenvalue weighted by Gasteiger charge is -2.02. The van der Waals surface area contributed by atoms with E-state index >= 15 is 0 Å². The summed E-state index contributed by atoms with van der Waals surface area (Å²) in [7, 11) is 0. The summed E-state index contributed by atoms with van der Waals surface area (Å²) in [5.74, 6) is -1.64. The van der Waals surface area contributed by atoms with Gasteiger partial charge in [-0.3, -0.25) is 4.79 Å². The molecule has 1 aromatic heterocycles. The molecule has 0 atom stereocenters. The molecule has 2 heterocycles. The Morgan fingerprint density at radius 1 is 1.30 bits per heavy atom. The van der Waals surface area contributed by atoms with Gasteiger partial charge < -0.3 is 15.5 Å². The molecule has 6 nitrogen and oxygen atoms in total. The number of amides is 1. The molecule has 0 unspecified atom stereocenters. The highest BCUT2D eigenvalue weighted by molar-refractivity contribution is 8.18. The first-order valence-electron chi connectivity index (χ1n) is 6.42. The maximum absolute atomic E-state index is 11.9. The number of carboxylic acids is 1. The number of carbonyl (C=O) groups is 2. The quantitative estimate of drug-likeness (QED) is 0.742. The summed E-state index contributed by atoms with van der Waals surface area (Å²) in [6.45, 7) is 0. The largest absolute Gasteiger partial charge is 0.508 e. The van der Waals surface area contributed by atoms with Crippen molar-refractivity contribution in [2.75, 3.05) is 0 Å². The van der Waals surface area contributed by atoms with Crippen LogP contribution >= 0.6 is 23.1 Å². The third-order valence-electron chi connectivity index (χ3n) is 2.90. The summed E-state index contributed by atoms with van der Waals surface area (Å²) in [5.41, 5.74) is 0.0264. The van der Waals surface area contributed by atoms with Crippen molar-refractivity contribution in [1.29, 1.82) is 0 Å². The molecular weight excluding hydrogens is 336 g/mol. The van der Waals surface area contributed by atoms with Gasteiger partial charge in [-0.15, -0.1) is 11.3 Å². The van der Waals surface area contributed by atoms with Crippen LogP contribution in [-0.4, -0.2) is 27.3 Å². The molecule has 1 aromatic carbocycles. The highest BCUT2D eigenvalue weighted by Gasteiger charge is 2.24. The summed E-state index contributed by atoms with van der Waals surface area (Å²) in [6, 6.07) is 7.63. The predicted octanol–water partition coefficient (Wildman–Crippen LogP) is 3.04. The van der Waals surface area contributed by atoms with E-state index in [1.165, 1.54) is 23.5 Å². The van der Waals surface area contributed by atoms with E-state index in [1.54, 1.807) is 6.08 Å². The van der Waals surface area contributed by atoms with E-state index < -0.39 is 5.97 Å². The lowest BCUT2D eigenvalue weighted by molar-refractivity contribution is -0.115. The molecule has 8 heteroatoms. The van der Waals surface area contributed by atoms with Crippen LogP contribution in [0.15, 0.2) is 45.6 Å². The Morgan fingerprint density at radius 2 is 2.13 bits per heavy atom. The topological polar surface area (TPSA) is 99.0 Å². The van der Waals surface area contributed by atoms with Crippen LogP contribution in [0.25, 0.3) is 6.08 Å². The van der Waals surface area contributed by atoms with Crippen LogP contribution in [0.1, 0.15) is 15.2 Å². The molecule has 3 rings (SSSR count). The number of thiophene rings is 1. The number of carboxylic acid groups (broad SMARTS) is 1. The molecule has 23 heavy (non-hydrogen) atoms. The number of aromatic hydroxyl groups is 1. The van der Waals surface area contributed by atoms with Gasteiger partial charge in [0.15, 0.2) is 5.17 Å². The fraction of sp³-hybridized carbons (Fsp3) is 0. The number of benzene rings is 1. The van der Waals surface area contributed by atoms with E-state index in [9.17, 15) is 14.7 Å². The van der Waals surface area contributed by atoms with E-state index in [4.69, 9.17) is 5.11 Å². The van der Waals surface area contributed by atoms with Gasteiger partial charge in [-0.1, -0.05) is 6.07 Å². The van der Waals surface area contributed by atoms with Crippen molar-refractivity contribution < 1.29 is 19.8 Å². The normalized spacial score (nSPS) is 17.7. The molecule has 0 radical (unpaired) electrons. The van der Waals surface area contributed by atoms with Gasteiger partial charge in [-0.05, 0) is 47.5 Å². The van der Waals surface area contributed by atoms with Crippen molar-refractivity contribution >= 4 is 51.9 Å². The Hall–Kier alpha value is -2.58. The van der Waals surface area contributed by atoms with Crippen molar-refractivity contribution in [2.24, 2.45) is 4.99 Å². The fourth-order valence-electron chi connectivity index (χ4n) is 1.89. The molecule has 1 aliphatic rings. The van der Waals surface area contributed by atoms with Crippen LogP contribution in [0.5, 0.6) is 5.75 Å². The lowest BCUT2D eigenvalue weighted by atomic mass is 10.2. The Bertz CT molecular complexity index is 841. The average Bonchev–Trinajstić information content (AvgIpc) is 3.12. The minimum atomic E-state index is -1.20. The second kappa shape index (κ2) is 6.27. The first-order chi connectivity index (χ1) is 11.0. The van der Waals surface area contributed by atoms with Crippen molar-refractivity contribution in [2.45, 2.75) is 0 Å². The second-order valence-electron chi connectivity index (χ2n) is 4.50. The summed E-state index contributed by atoms with van der Waals surface area (Å²) in [6.07, 6.45) is 1.75. The van der Waals surface area contributed by atoms with Crippen molar-refractivity contribution in [3.05, 3.63) is 51.1 Å². The Kier molecular flexibility index (Phi) is 4.18. The highest BCUT2D eigenvalue weighted by Crippen LogP contribution is 2.31. The molecule has 1 saturated heterocycles. The molecule has 1 amide bonds. The van der Waals surface area contributed by atoms with E-state index in [-0.39, 0.29) is 22.9 Å². The summed E-state index contributed by atoms with van der Waals surface area (Å²) in [5, 5.41) is 23.3. The SMILES string of the molecule is O=C1NC(=Nc2ccc(O)cc2C(=O)O)S/C1=C\c1cccs1. The standard InChI is InChI=1S/C15H10N2O4S2/c18-8-3-4-11(10(6-8)14(20)21)16-15-17-13(19)12(23-15)7-9-2-1-5-22-9/h1-7,18H,(H,20,21)(H,16,17,19)/b12-7-. The van der Waals surface area contributed by atoms with Crippen LogP contribution in [0.3, 0.4) is 0 Å². The first kappa shape index (κ1) is 15.3. The number of phenolic OH excluding ortho intramolecular Hbond substituents is 1. The number of phenols is 1. The van der Waals surface area contributed by atoms with Crippen LogP contribution in [0.4, 0.5) is 5.69 Å². The van der Waals surface area contributed by atoms with Gasteiger partial charge in [0.25, 0.3) is 5.91 Å². The smallest absolute Gasteiger partial charge is 0.338 e. The zero-order valence-electron chi connectivity index (χ0n) is 11.5. The van der Waals surface area contributed by atoms with Crippen molar-refractivity contribution in [1.82, 2.24) is 5.32 Å². The fourth-order valence-corrected chi connectivity index (χ4v) is 3.44. The molecule has 116 valence electrons. The summed E-state index contributed by atoms with van der Waals surface area (Å²) >= 11 is 2.65. The maximum Gasteiger partial charge on any atom is 0.338 e. The molecule has 0 saturated carbocycles. The number of hydrogen-bond donors (Lipinski definition) is 3. The zero-order valence-corrected chi connectivity index (χ0v) is 13.1. The van der Waals surface area contributed by atoms with Crippen molar-refractivity contribution in [3.63, 3.8) is 0 Å².